The highest BCUT2D eigenvalue weighted by molar-refractivity contribution is 5.95. The fraction of sp³-hybridized carbons (Fsp3) is 0.762. The Balaban J connectivity index is 2.20. The summed E-state index contributed by atoms with van der Waals surface area (Å²) in [6.45, 7) is 20.3. The first-order valence-electron chi connectivity index (χ1n) is 20.4. The maximum Gasteiger partial charge on any atom is 0.238 e. The van der Waals surface area contributed by atoms with Crippen molar-refractivity contribution in [2.75, 3.05) is 25.1 Å². The normalized spacial score (nSPS) is 16.2. The molecule has 11 heteroatoms. The number of rotatable bonds is 25. The third-order valence-electron chi connectivity index (χ3n) is 9.95. The van der Waals surface area contributed by atoms with Crippen LogP contribution < -0.4 is 37.9 Å². The fourth-order valence-corrected chi connectivity index (χ4v) is 6.76. The Bertz CT molecular complexity index is 1260. The predicted octanol–water partition coefficient (Wildman–Crippen LogP) is 5.71. The Morgan fingerprint density at radius 3 is 2.06 bits per heavy atom. The van der Waals surface area contributed by atoms with Crippen molar-refractivity contribution in [1.29, 1.82) is 0 Å². The lowest BCUT2D eigenvalue weighted by atomic mass is 9.86. The number of Topliss-reactive ketones (excluding diaryl/α,β-unsaturated/α-hetero) is 2. The van der Waals surface area contributed by atoms with Crippen LogP contribution in [0.4, 0.5) is 5.69 Å². The summed E-state index contributed by atoms with van der Waals surface area (Å²) in [6.07, 6.45) is 9.38. The number of hydrazine groups is 1. The largest absolute Gasteiger partial charge is 0.355 e. The molecular weight excluding hydrogens is 667 g/mol. The van der Waals surface area contributed by atoms with Gasteiger partial charge in [0.1, 0.15) is 0 Å². The van der Waals surface area contributed by atoms with E-state index in [1.165, 1.54) is 0 Å². The summed E-state index contributed by atoms with van der Waals surface area (Å²) < 4.78 is 0. The highest BCUT2D eigenvalue weighted by Crippen LogP contribution is 2.33. The quantitative estimate of drug-likeness (QED) is 0.0491. The van der Waals surface area contributed by atoms with Crippen LogP contribution in [0, 0.1) is 11.3 Å². The van der Waals surface area contributed by atoms with Gasteiger partial charge in [-0.15, -0.1) is 0 Å². The summed E-state index contributed by atoms with van der Waals surface area (Å²) in [7, 11) is 0. The van der Waals surface area contributed by atoms with Gasteiger partial charge in [-0.25, -0.2) is 5.43 Å². The van der Waals surface area contributed by atoms with Crippen LogP contribution in [0.5, 0.6) is 0 Å². The SMILES string of the molecule is CCCCCC(NNc1ccc(CC(=O)NCC(C)(C)C)cc1)C(=O)[C@H](CCCCN)NC(=O)[C@@H](NC1(C(=O)CCNC(C)(C)C)CCCC1)C(C)C. The lowest BCUT2D eigenvalue weighted by Crippen LogP contribution is -2.62. The average Bonchev–Trinajstić information content (AvgIpc) is 3.57. The van der Waals surface area contributed by atoms with E-state index < -0.39 is 23.7 Å². The molecule has 53 heavy (non-hydrogen) atoms. The first-order chi connectivity index (χ1) is 24.9. The maximum atomic E-state index is 14.3. The second-order valence-corrected chi connectivity index (χ2v) is 17.8. The van der Waals surface area contributed by atoms with Crippen molar-refractivity contribution in [3.8, 4) is 0 Å². The zero-order valence-electron chi connectivity index (χ0n) is 34.6. The zero-order chi connectivity index (χ0) is 39.7. The molecule has 1 aliphatic carbocycles. The van der Waals surface area contributed by atoms with Crippen molar-refractivity contribution in [2.45, 2.75) is 175 Å². The van der Waals surface area contributed by atoms with Gasteiger partial charge in [0.2, 0.25) is 11.8 Å². The summed E-state index contributed by atoms with van der Waals surface area (Å²) in [5.41, 5.74) is 13.2. The minimum Gasteiger partial charge on any atom is -0.355 e. The number of hydrogen-bond donors (Lipinski definition) is 7. The molecule has 1 unspecified atom stereocenters. The van der Waals surface area contributed by atoms with E-state index in [1.54, 1.807) is 0 Å². The Morgan fingerprint density at radius 2 is 1.49 bits per heavy atom. The van der Waals surface area contributed by atoms with E-state index in [0.29, 0.717) is 64.6 Å². The molecule has 11 nitrogen and oxygen atoms in total. The molecule has 2 amide bonds. The Kier molecular flexibility index (Phi) is 19.7. The van der Waals surface area contributed by atoms with Crippen LogP contribution in [0.3, 0.4) is 0 Å². The van der Waals surface area contributed by atoms with Gasteiger partial charge in [0.05, 0.1) is 30.1 Å². The molecule has 1 saturated carbocycles. The number of benzene rings is 1. The van der Waals surface area contributed by atoms with Crippen LogP contribution >= 0.6 is 0 Å². The highest BCUT2D eigenvalue weighted by atomic mass is 16.2. The van der Waals surface area contributed by atoms with Gasteiger partial charge >= 0.3 is 0 Å². The van der Waals surface area contributed by atoms with Gasteiger partial charge in [-0.1, -0.05) is 85.8 Å². The molecule has 8 N–H and O–H groups in total. The van der Waals surface area contributed by atoms with E-state index >= 15 is 0 Å². The standard InChI is InChI=1S/C42H75N7O4/c1-10-11-12-18-34(49-48-32-21-19-31(20-22-32)28-36(51)44-29-40(4,5)6)38(52)33(17-13-16-26-43)46-39(53)37(30(2)3)47-42(24-14-15-25-42)35(50)23-27-45-41(7,8)9/h19-22,30,33-34,37,45,47-49H,10-18,23-29,43H2,1-9H3,(H,44,51)(H,46,53)/t33-,34?,37-/m0/s1. The predicted molar refractivity (Wildman–Crippen MR) is 217 cm³/mol. The molecule has 302 valence electrons. The van der Waals surface area contributed by atoms with Crippen LogP contribution in [0.2, 0.25) is 0 Å². The Morgan fingerprint density at radius 1 is 0.868 bits per heavy atom. The first-order valence-corrected chi connectivity index (χ1v) is 20.4. The van der Waals surface area contributed by atoms with Crippen LogP contribution in [-0.2, 0) is 25.6 Å². The third kappa shape index (κ3) is 17.4. The van der Waals surface area contributed by atoms with Crippen molar-refractivity contribution < 1.29 is 19.2 Å². The molecule has 0 bridgehead atoms. The minimum absolute atomic E-state index is 0.0157. The van der Waals surface area contributed by atoms with Crippen molar-refractivity contribution in [1.82, 2.24) is 26.7 Å². The van der Waals surface area contributed by atoms with Crippen LogP contribution in [0.1, 0.15) is 145 Å². The number of unbranched alkanes of at least 4 members (excludes halogenated alkanes) is 3. The molecule has 0 heterocycles. The highest BCUT2D eigenvalue weighted by Gasteiger charge is 2.44. The van der Waals surface area contributed by atoms with E-state index in [-0.39, 0.29) is 40.3 Å². The molecule has 2 rings (SSSR count). The fourth-order valence-electron chi connectivity index (χ4n) is 6.76. The van der Waals surface area contributed by atoms with Crippen LogP contribution in [0.25, 0.3) is 0 Å². The van der Waals surface area contributed by atoms with Crippen molar-refractivity contribution >= 4 is 29.1 Å². The van der Waals surface area contributed by atoms with Gasteiger partial charge in [-0.2, -0.15) is 0 Å². The minimum atomic E-state index is -0.745. The molecule has 1 fully saturated rings. The number of carbonyl (C=O) groups is 4. The molecule has 1 aromatic carbocycles. The van der Waals surface area contributed by atoms with Gasteiger partial charge < -0.3 is 27.1 Å². The van der Waals surface area contributed by atoms with Crippen molar-refractivity contribution in [3.05, 3.63) is 29.8 Å². The van der Waals surface area contributed by atoms with E-state index in [9.17, 15) is 19.2 Å². The summed E-state index contributed by atoms with van der Waals surface area (Å²) in [4.78, 5) is 54.7. The van der Waals surface area contributed by atoms with Gasteiger partial charge in [-0.05, 0) is 94.9 Å². The summed E-state index contributed by atoms with van der Waals surface area (Å²) >= 11 is 0. The van der Waals surface area contributed by atoms with Gasteiger partial charge in [-0.3, -0.25) is 24.5 Å². The molecule has 0 radical (unpaired) electrons. The number of anilines is 1. The average molecular weight is 742 g/mol. The van der Waals surface area contributed by atoms with Crippen molar-refractivity contribution in [3.63, 3.8) is 0 Å². The molecule has 0 aromatic heterocycles. The second-order valence-electron chi connectivity index (χ2n) is 17.8. The van der Waals surface area contributed by atoms with Crippen LogP contribution in [0.15, 0.2) is 24.3 Å². The van der Waals surface area contributed by atoms with E-state index in [4.69, 9.17) is 5.73 Å². The zero-order valence-corrected chi connectivity index (χ0v) is 34.6. The smallest absolute Gasteiger partial charge is 0.238 e. The third-order valence-corrected chi connectivity index (χ3v) is 9.95. The van der Waals surface area contributed by atoms with Gasteiger partial charge in [0.25, 0.3) is 0 Å². The Hall–Kier alpha value is -2.86. The molecule has 3 atom stereocenters. The molecule has 0 aliphatic heterocycles. The molecule has 1 aromatic rings. The summed E-state index contributed by atoms with van der Waals surface area (Å²) in [5.74, 6) is -0.297. The molecule has 0 spiro atoms. The van der Waals surface area contributed by atoms with E-state index in [1.807, 2.05) is 38.1 Å². The number of ketones is 2. The van der Waals surface area contributed by atoms with Crippen LogP contribution in [-0.4, -0.2) is 72.2 Å². The van der Waals surface area contributed by atoms with E-state index in [2.05, 4.69) is 80.6 Å². The van der Waals surface area contributed by atoms with Gasteiger partial charge in [0, 0.05) is 30.7 Å². The number of amides is 2. The second kappa shape index (κ2) is 22.5. The molecule has 0 saturated heterocycles. The number of nitrogens with one attached hydrogen (secondary N) is 6. The number of carbonyl (C=O) groups excluding carboxylic acids is 4. The summed E-state index contributed by atoms with van der Waals surface area (Å²) in [6, 6.07) is 5.72. The lowest BCUT2D eigenvalue weighted by molar-refractivity contribution is -0.132. The monoisotopic (exact) mass is 742 g/mol. The van der Waals surface area contributed by atoms with Crippen molar-refractivity contribution in [2.24, 2.45) is 17.1 Å². The number of nitrogens with two attached hydrogens (primary N) is 1. The van der Waals surface area contributed by atoms with E-state index in [0.717, 1.165) is 49.8 Å². The number of hydrogen-bond acceptors (Lipinski definition) is 9. The molecule has 1 aliphatic rings. The first kappa shape index (κ1) is 46.3. The molecular formula is C42H75N7O4. The van der Waals surface area contributed by atoms with Gasteiger partial charge in [0.15, 0.2) is 11.6 Å². The lowest BCUT2D eigenvalue weighted by Gasteiger charge is -2.36. The maximum absolute atomic E-state index is 14.3. The summed E-state index contributed by atoms with van der Waals surface area (Å²) in [5, 5.41) is 13.1. The Labute approximate surface area is 321 Å². The topological polar surface area (TPSA) is 166 Å².